The number of hydrogen-bond donors (Lipinski definition) is 1. The summed E-state index contributed by atoms with van der Waals surface area (Å²) in [6.07, 6.45) is 21.2. The Morgan fingerprint density at radius 1 is 0.880 bits per heavy atom. The predicted molar refractivity (Wildman–Crippen MR) is 106 cm³/mol. The van der Waals surface area contributed by atoms with Gasteiger partial charge in [0.15, 0.2) is 0 Å². The van der Waals surface area contributed by atoms with Crippen molar-refractivity contribution in [1.29, 1.82) is 0 Å². The van der Waals surface area contributed by atoms with Crippen LogP contribution in [0.15, 0.2) is 77.5 Å². The monoisotopic (exact) mass is 333 g/mol. The van der Waals surface area contributed by atoms with E-state index in [1.165, 1.54) is 35.3 Å². The molecule has 0 amide bonds. The number of aliphatic imine (C=N–C) groups is 1. The largest absolute Gasteiger partial charge is 0.396 e. The SMILES string of the molecule is OCCCCCCc1ccc(CC2=NC=CC3=CC=CC=CC32)cc1. The molecular weight excluding hydrogens is 306 g/mol. The molecule has 1 N–H and O–H groups in total. The number of fused-ring (bicyclic) bond motifs is 1. The Morgan fingerprint density at radius 3 is 2.52 bits per heavy atom. The second-order valence-electron chi connectivity index (χ2n) is 6.73. The highest BCUT2D eigenvalue weighted by Crippen LogP contribution is 2.25. The van der Waals surface area contributed by atoms with Crippen LogP contribution in [0.4, 0.5) is 0 Å². The molecule has 1 aliphatic carbocycles. The van der Waals surface area contributed by atoms with Crippen molar-refractivity contribution in [2.75, 3.05) is 6.61 Å². The van der Waals surface area contributed by atoms with Crippen LogP contribution in [0.25, 0.3) is 0 Å². The Labute approximate surface area is 151 Å². The number of hydrogen-bond acceptors (Lipinski definition) is 2. The van der Waals surface area contributed by atoms with Gasteiger partial charge in [-0.05, 0) is 42.0 Å². The van der Waals surface area contributed by atoms with Crippen LogP contribution in [-0.2, 0) is 12.8 Å². The predicted octanol–water partition coefficient (Wildman–Crippen LogP) is 4.96. The molecule has 0 saturated heterocycles. The summed E-state index contributed by atoms with van der Waals surface area (Å²) >= 11 is 0. The number of allylic oxidation sites excluding steroid dienone is 7. The Balaban J connectivity index is 1.56. The number of benzene rings is 1. The molecule has 130 valence electrons. The van der Waals surface area contributed by atoms with Gasteiger partial charge in [-0.2, -0.15) is 0 Å². The number of nitrogens with zero attached hydrogens (tertiary/aromatic N) is 1. The fourth-order valence-corrected chi connectivity index (χ4v) is 3.37. The van der Waals surface area contributed by atoms with Crippen LogP contribution in [0.1, 0.15) is 36.8 Å². The minimum atomic E-state index is 0.297. The molecule has 0 radical (unpaired) electrons. The number of aliphatic hydroxyl groups is 1. The number of aliphatic hydroxyl groups excluding tert-OH is 1. The zero-order valence-electron chi connectivity index (χ0n) is 14.8. The van der Waals surface area contributed by atoms with Gasteiger partial charge in [0.1, 0.15) is 0 Å². The molecule has 0 bridgehead atoms. The van der Waals surface area contributed by atoms with Gasteiger partial charge in [-0.1, -0.05) is 67.5 Å². The third-order valence-corrected chi connectivity index (χ3v) is 4.82. The van der Waals surface area contributed by atoms with Gasteiger partial charge in [0, 0.05) is 30.9 Å². The van der Waals surface area contributed by atoms with Gasteiger partial charge in [0.25, 0.3) is 0 Å². The van der Waals surface area contributed by atoms with Crippen molar-refractivity contribution in [3.8, 4) is 0 Å². The second-order valence-corrected chi connectivity index (χ2v) is 6.73. The van der Waals surface area contributed by atoms with E-state index in [0.29, 0.717) is 12.5 Å². The van der Waals surface area contributed by atoms with E-state index in [0.717, 1.165) is 25.7 Å². The van der Waals surface area contributed by atoms with Gasteiger partial charge >= 0.3 is 0 Å². The Hall–Kier alpha value is -2.19. The van der Waals surface area contributed by atoms with Crippen molar-refractivity contribution in [3.05, 3.63) is 83.6 Å². The van der Waals surface area contributed by atoms with Crippen molar-refractivity contribution >= 4 is 5.71 Å². The second kappa shape index (κ2) is 9.33. The van der Waals surface area contributed by atoms with Crippen LogP contribution >= 0.6 is 0 Å². The molecular formula is C23H27NO. The van der Waals surface area contributed by atoms with Crippen molar-refractivity contribution in [2.45, 2.75) is 38.5 Å². The van der Waals surface area contributed by atoms with Crippen LogP contribution in [0, 0.1) is 5.92 Å². The topological polar surface area (TPSA) is 32.6 Å². The van der Waals surface area contributed by atoms with E-state index >= 15 is 0 Å². The Morgan fingerprint density at radius 2 is 1.68 bits per heavy atom. The summed E-state index contributed by atoms with van der Waals surface area (Å²) in [6.45, 7) is 0.316. The van der Waals surface area contributed by atoms with Crippen molar-refractivity contribution in [2.24, 2.45) is 10.9 Å². The highest BCUT2D eigenvalue weighted by atomic mass is 16.2. The van der Waals surface area contributed by atoms with E-state index in [-0.39, 0.29) is 0 Å². The first-order valence-electron chi connectivity index (χ1n) is 9.33. The molecule has 1 atom stereocenters. The first-order chi connectivity index (χ1) is 12.4. The first kappa shape index (κ1) is 17.6. The van der Waals surface area contributed by atoms with E-state index in [1.807, 2.05) is 6.20 Å². The lowest BCUT2D eigenvalue weighted by molar-refractivity contribution is 0.282. The molecule has 1 heterocycles. The van der Waals surface area contributed by atoms with Gasteiger partial charge in [0.2, 0.25) is 0 Å². The van der Waals surface area contributed by atoms with Crippen LogP contribution < -0.4 is 0 Å². The van der Waals surface area contributed by atoms with Gasteiger partial charge in [-0.15, -0.1) is 0 Å². The van der Waals surface area contributed by atoms with Crippen molar-refractivity contribution in [1.82, 2.24) is 0 Å². The van der Waals surface area contributed by atoms with Crippen LogP contribution in [-0.4, -0.2) is 17.4 Å². The molecule has 3 rings (SSSR count). The Bertz CT molecular complexity index is 704. The summed E-state index contributed by atoms with van der Waals surface area (Å²) in [6, 6.07) is 8.99. The lowest BCUT2D eigenvalue weighted by Gasteiger charge is -2.19. The highest BCUT2D eigenvalue weighted by molar-refractivity contribution is 5.94. The number of aryl methyl sites for hydroxylation is 1. The molecule has 0 saturated carbocycles. The molecule has 0 spiro atoms. The highest BCUT2D eigenvalue weighted by Gasteiger charge is 2.19. The molecule has 0 aromatic heterocycles. The van der Waals surface area contributed by atoms with Gasteiger partial charge < -0.3 is 5.11 Å². The molecule has 0 fully saturated rings. The smallest absolute Gasteiger partial charge is 0.0431 e. The summed E-state index contributed by atoms with van der Waals surface area (Å²) in [4.78, 5) is 4.65. The zero-order valence-corrected chi connectivity index (χ0v) is 14.8. The summed E-state index contributed by atoms with van der Waals surface area (Å²) in [5, 5.41) is 8.81. The zero-order chi connectivity index (χ0) is 17.3. The summed E-state index contributed by atoms with van der Waals surface area (Å²) in [5.74, 6) is 0.297. The molecule has 1 aliphatic heterocycles. The first-order valence-corrected chi connectivity index (χ1v) is 9.33. The van der Waals surface area contributed by atoms with Gasteiger partial charge in [-0.25, -0.2) is 0 Å². The maximum Gasteiger partial charge on any atom is 0.0431 e. The van der Waals surface area contributed by atoms with Crippen LogP contribution in [0.2, 0.25) is 0 Å². The van der Waals surface area contributed by atoms with Gasteiger partial charge in [-0.3, -0.25) is 4.99 Å². The summed E-state index contributed by atoms with van der Waals surface area (Å²) in [7, 11) is 0. The minimum absolute atomic E-state index is 0.297. The maximum atomic E-state index is 8.81. The normalized spacial score (nSPS) is 18.5. The number of unbranched alkanes of at least 4 members (excludes halogenated alkanes) is 3. The van der Waals surface area contributed by atoms with E-state index in [9.17, 15) is 0 Å². The van der Waals surface area contributed by atoms with Gasteiger partial charge in [0.05, 0.1) is 0 Å². The van der Waals surface area contributed by atoms with Crippen LogP contribution in [0.5, 0.6) is 0 Å². The lowest BCUT2D eigenvalue weighted by Crippen LogP contribution is -2.18. The number of rotatable bonds is 8. The third kappa shape index (κ3) is 5.14. The van der Waals surface area contributed by atoms with Crippen molar-refractivity contribution < 1.29 is 5.11 Å². The molecule has 1 unspecified atom stereocenters. The fourth-order valence-electron chi connectivity index (χ4n) is 3.37. The van der Waals surface area contributed by atoms with E-state index in [1.54, 1.807) is 0 Å². The molecule has 2 aliphatic rings. The van der Waals surface area contributed by atoms with Crippen molar-refractivity contribution in [3.63, 3.8) is 0 Å². The quantitative estimate of drug-likeness (QED) is 0.670. The fraction of sp³-hybridized carbons (Fsp3) is 0.348. The molecule has 2 nitrogen and oxygen atoms in total. The van der Waals surface area contributed by atoms with E-state index < -0.39 is 0 Å². The molecule has 2 heteroatoms. The maximum absolute atomic E-state index is 8.81. The van der Waals surface area contributed by atoms with E-state index in [4.69, 9.17) is 5.11 Å². The molecule has 1 aromatic rings. The average Bonchev–Trinajstić information content (AvgIpc) is 2.89. The van der Waals surface area contributed by atoms with E-state index in [2.05, 4.69) is 65.7 Å². The third-order valence-electron chi connectivity index (χ3n) is 4.82. The summed E-state index contributed by atoms with van der Waals surface area (Å²) < 4.78 is 0. The summed E-state index contributed by atoms with van der Waals surface area (Å²) in [5.41, 5.74) is 5.25. The Kier molecular flexibility index (Phi) is 6.58. The standard InChI is InChI=1S/C23H27NO/c25-17-7-2-1-4-8-19-11-13-20(14-12-19)18-23-22-10-6-3-5-9-21(22)15-16-24-23/h3,5-6,9-16,22,25H,1-2,4,7-8,17-18H2. The minimum Gasteiger partial charge on any atom is -0.396 e. The molecule has 25 heavy (non-hydrogen) atoms. The van der Waals surface area contributed by atoms with Crippen LogP contribution in [0.3, 0.4) is 0 Å². The lowest BCUT2D eigenvalue weighted by atomic mass is 9.88. The molecule has 1 aromatic carbocycles. The average molecular weight is 333 g/mol.